The van der Waals surface area contributed by atoms with Crippen molar-refractivity contribution in [1.82, 2.24) is 4.98 Å². The fraction of sp³-hybridized carbons (Fsp3) is 0.214. The van der Waals surface area contributed by atoms with Gasteiger partial charge in [0.1, 0.15) is 5.69 Å². The molecule has 4 nitrogen and oxygen atoms in total. The molecule has 0 radical (unpaired) electrons. The van der Waals surface area contributed by atoms with Crippen LogP contribution in [0.15, 0.2) is 39.4 Å². The summed E-state index contributed by atoms with van der Waals surface area (Å²) in [6, 6.07) is 7.72. The number of methoxy groups -OCH3 is 2. The summed E-state index contributed by atoms with van der Waals surface area (Å²) in [6.45, 7) is 0.542. The van der Waals surface area contributed by atoms with E-state index in [1.165, 1.54) is 0 Å². The highest BCUT2D eigenvalue weighted by molar-refractivity contribution is 9.11. The molecule has 0 amide bonds. The summed E-state index contributed by atoms with van der Waals surface area (Å²) in [6.07, 6.45) is 1.70. The van der Waals surface area contributed by atoms with E-state index in [0.29, 0.717) is 18.0 Å². The van der Waals surface area contributed by atoms with Crippen molar-refractivity contribution in [3.05, 3.63) is 45.1 Å². The maximum Gasteiger partial charge on any atom is 0.184 e. The summed E-state index contributed by atoms with van der Waals surface area (Å²) in [7, 11) is 3.22. The second kappa shape index (κ2) is 6.95. The maximum atomic E-state index is 5.36. The van der Waals surface area contributed by atoms with Crippen LogP contribution in [0.5, 0.6) is 11.5 Å². The van der Waals surface area contributed by atoms with Gasteiger partial charge in [-0.25, -0.2) is 0 Å². The van der Waals surface area contributed by atoms with Crippen molar-refractivity contribution < 1.29 is 9.47 Å². The summed E-state index contributed by atoms with van der Waals surface area (Å²) < 4.78 is 12.6. The Hall–Kier alpha value is -1.27. The number of hydrogen-bond donors (Lipinski definition) is 1. The molecule has 0 aliphatic rings. The molecule has 1 aromatic heterocycles. The fourth-order valence-electron chi connectivity index (χ4n) is 1.79. The van der Waals surface area contributed by atoms with Crippen molar-refractivity contribution in [3.63, 3.8) is 0 Å². The Kier molecular flexibility index (Phi) is 5.25. The zero-order chi connectivity index (χ0) is 14.5. The van der Waals surface area contributed by atoms with Gasteiger partial charge in [-0.3, -0.25) is 4.98 Å². The van der Waals surface area contributed by atoms with Gasteiger partial charge in [-0.15, -0.1) is 0 Å². The molecule has 0 bridgehead atoms. The first kappa shape index (κ1) is 15.1. The molecule has 0 aliphatic heterocycles. The molecule has 106 valence electrons. The van der Waals surface area contributed by atoms with Gasteiger partial charge in [-0.05, 0) is 34.1 Å². The average molecular weight is 402 g/mol. The summed E-state index contributed by atoms with van der Waals surface area (Å²) in [5.74, 6) is 1.32. The van der Waals surface area contributed by atoms with Gasteiger partial charge < -0.3 is 14.8 Å². The Balaban J connectivity index is 2.18. The second-order valence-corrected chi connectivity index (χ2v) is 5.74. The molecule has 0 saturated heterocycles. The van der Waals surface area contributed by atoms with Gasteiger partial charge in [0.25, 0.3) is 0 Å². The van der Waals surface area contributed by atoms with Crippen LogP contribution in [0.1, 0.15) is 5.69 Å². The minimum Gasteiger partial charge on any atom is -0.493 e. The van der Waals surface area contributed by atoms with Gasteiger partial charge in [0.05, 0.1) is 20.8 Å². The lowest BCUT2D eigenvalue weighted by molar-refractivity contribution is 0.350. The molecule has 1 heterocycles. The van der Waals surface area contributed by atoms with Crippen LogP contribution in [0.4, 0.5) is 5.69 Å². The number of benzene rings is 1. The van der Waals surface area contributed by atoms with E-state index in [0.717, 1.165) is 20.3 Å². The van der Waals surface area contributed by atoms with Crippen LogP contribution in [0.25, 0.3) is 0 Å². The molecule has 2 aromatic rings. The molecule has 20 heavy (non-hydrogen) atoms. The smallest absolute Gasteiger partial charge is 0.184 e. The first-order valence-corrected chi connectivity index (χ1v) is 7.49. The lowest BCUT2D eigenvalue weighted by Crippen LogP contribution is -2.05. The highest BCUT2D eigenvalue weighted by Gasteiger charge is 2.11. The number of anilines is 1. The van der Waals surface area contributed by atoms with Gasteiger partial charge in [0, 0.05) is 26.9 Å². The van der Waals surface area contributed by atoms with E-state index in [2.05, 4.69) is 42.2 Å². The van der Waals surface area contributed by atoms with E-state index in [9.17, 15) is 0 Å². The van der Waals surface area contributed by atoms with Crippen LogP contribution in [-0.4, -0.2) is 19.2 Å². The molecular formula is C14H14Br2N2O2. The molecule has 0 spiro atoms. The van der Waals surface area contributed by atoms with Crippen molar-refractivity contribution >= 4 is 37.5 Å². The fourth-order valence-corrected chi connectivity index (χ4v) is 2.98. The summed E-state index contributed by atoms with van der Waals surface area (Å²) in [4.78, 5) is 4.33. The van der Waals surface area contributed by atoms with E-state index in [1.807, 2.05) is 18.2 Å². The van der Waals surface area contributed by atoms with Crippen LogP contribution in [0.3, 0.4) is 0 Å². The van der Waals surface area contributed by atoms with Crippen molar-refractivity contribution in [1.29, 1.82) is 0 Å². The third-order valence-electron chi connectivity index (χ3n) is 2.74. The van der Waals surface area contributed by atoms with E-state index in [4.69, 9.17) is 9.47 Å². The largest absolute Gasteiger partial charge is 0.493 e. The lowest BCUT2D eigenvalue weighted by atomic mass is 10.2. The first-order chi connectivity index (χ1) is 9.65. The number of rotatable bonds is 5. The molecular weight excluding hydrogens is 388 g/mol. The highest BCUT2D eigenvalue weighted by atomic mass is 79.9. The summed E-state index contributed by atoms with van der Waals surface area (Å²) in [5, 5.41) is 3.32. The second-order valence-electron chi connectivity index (χ2n) is 3.97. The number of hydrogen-bond acceptors (Lipinski definition) is 4. The number of pyridine rings is 1. The zero-order valence-electron chi connectivity index (χ0n) is 11.1. The zero-order valence-corrected chi connectivity index (χ0v) is 14.3. The molecule has 0 saturated carbocycles. The summed E-state index contributed by atoms with van der Waals surface area (Å²) in [5.41, 5.74) is 1.78. The standard InChI is InChI=1S/C14H14Br2N2O2/c1-19-13-5-6-17-12(14(13)20-2)8-18-11-4-3-9(15)7-10(11)16/h3-7,18H,8H2,1-2H3. The monoisotopic (exact) mass is 400 g/mol. The minimum atomic E-state index is 0.542. The number of halogens is 2. The third kappa shape index (κ3) is 3.43. The van der Waals surface area contributed by atoms with Crippen molar-refractivity contribution in [2.45, 2.75) is 6.54 Å². The number of nitrogens with one attached hydrogen (secondary N) is 1. The molecule has 0 fully saturated rings. The molecule has 0 unspecified atom stereocenters. The number of ether oxygens (including phenoxy) is 2. The predicted octanol–water partition coefficient (Wildman–Crippen LogP) is 4.24. The third-order valence-corrected chi connectivity index (χ3v) is 3.89. The highest BCUT2D eigenvalue weighted by Crippen LogP contribution is 2.31. The van der Waals surface area contributed by atoms with Crippen molar-refractivity contribution in [2.75, 3.05) is 19.5 Å². The SMILES string of the molecule is COc1ccnc(CNc2ccc(Br)cc2Br)c1OC. The van der Waals surface area contributed by atoms with Crippen LogP contribution < -0.4 is 14.8 Å². The van der Waals surface area contributed by atoms with Crippen LogP contribution in [-0.2, 0) is 6.54 Å². The molecule has 0 atom stereocenters. The van der Waals surface area contributed by atoms with Crippen LogP contribution in [0.2, 0.25) is 0 Å². The Labute approximate surface area is 134 Å². The predicted molar refractivity (Wildman–Crippen MR) is 86.5 cm³/mol. The van der Waals surface area contributed by atoms with Gasteiger partial charge in [-0.1, -0.05) is 15.9 Å². The van der Waals surface area contributed by atoms with E-state index < -0.39 is 0 Å². The van der Waals surface area contributed by atoms with Crippen molar-refractivity contribution in [3.8, 4) is 11.5 Å². The quantitative estimate of drug-likeness (QED) is 0.813. The molecule has 1 N–H and O–H groups in total. The first-order valence-electron chi connectivity index (χ1n) is 5.90. The van der Waals surface area contributed by atoms with Gasteiger partial charge in [0.15, 0.2) is 11.5 Å². The van der Waals surface area contributed by atoms with Crippen LogP contribution in [0, 0.1) is 0 Å². The topological polar surface area (TPSA) is 43.4 Å². The molecule has 6 heteroatoms. The normalized spacial score (nSPS) is 10.2. The number of nitrogens with zero attached hydrogens (tertiary/aromatic N) is 1. The average Bonchev–Trinajstić information content (AvgIpc) is 2.45. The van der Waals surface area contributed by atoms with Crippen molar-refractivity contribution in [2.24, 2.45) is 0 Å². The summed E-state index contributed by atoms with van der Waals surface area (Å²) >= 11 is 6.94. The van der Waals surface area contributed by atoms with Gasteiger partial charge in [0.2, 0.25) is 0 Å². The Bertz CT molecular complexity index is 606. The molecule has 1 aromatic carbocycles. The Morgan fingerprint density at radius 1 is 1.15 bits per heavy atom. The van der Waals surface area contributed by atoms with E-state index in [-0.39, 0.29) is 0 Å². The van der Waals surface area contributed by atoms with Gasteiger partial charge in [-0.2, -0.15) is 0 Å². The Morgan fingerprint density at radius 3 is 2.60 bits per heavy atom. The van der Waals surface area contributed by atoms with Crippen LogP contribution >= 0.6 is 31.9 Å². The minimum absolute atomic E-state index is 0.542. The number of aromatic nitrogens is 1. The van der Waals surface area contributed by atoms with E-state index in [1.54, 1.807) is 26.5 Å². The molecule has 0 aliphatic carbocycles. The lowest BCUT2D eigenvalue weighted by Gasteiger charge is -2.13. The molecule has 2 rings (SSSR count). The Morgan fingerprint density at radius 2 is 1.95 bits per heavy atom. The van der Waals surface area contributed by atoms with E-state index >= 15 is 0 Å². The maximum absolute atomic E-state index is 5.36. The van der Waals surface area contributed by atoms with Gasteiger partial charge >= 0.3 is 0 Å².